The minimum Gasteiger partial charge on any atom is -0.370 e. The number of nitrogens with zero attached hydrogens (tertiary/aromatic N) is 1. The summed E-state index contributed by atoms with van der Waals surface area (Å²) in [5.41, 5.74) is 1.66. The van der Waals surface area contributed by atoms with Gasteiger partial charge in [0, 0.05) is 34.4 Å². The zero-order valence-electron chi connectivity index (χ0n) is 13.9. The molecule has 1 aromatic carbocycles. The number of carbonyl (C=O) groups excluding carboxylic acids is 1. The van der Waals surface area contributed by atoms with Crippen molar-refractivity contribution in [2.75, 3.05) is 11.9 Å². The van der Waals surface area contributed by atoms with Crippen molar-refractivity contribution in [1.29, 1.82) is 0 Å². The molecule has 0 unspecified atom stereocenters. The van der Waals surface area contributed by atoms with Gasteiger partial charge in [-0.05, 0) is 49.1 Å². The van der Waals surface area contributed by atoms with Crippen molar-refractivity contribution in [3.63, 3.8) is 0 Å². The molecule has 1 fully saturated rings. The summed E-state index contributed by atoms with van der Waals surface area (Å²) >= 11 is 12.1. The molecule has 1 aliphatic rings. The van der Waals surface area contributed by atoms with Crippen molar-refractivity contribution in [2.24, 2.45) is 0 Å². The number of aromatic nitrogens is 1. The molecule has 0 radical (unpaired) electrons. The number of rotatable bonds is 6. The van der Waals surface area contributed by atoms with Gasteiger partial charge in [0.1, 0.15) is 5.82 Å². The highest BCUT2D eigenvalue weighted by Gasteiger charge is 2.18. The Hall–Kier alpha value is -1.78. The summed E-state index contributed by atoms with van der Waals surface area (Å²) in [6, 6.07) is 9.33. The van der Waals surface area contributed by atoms with E-state index >= 15 is 0 Å². The first-order valence-corrected chi connectivity index (χ1v) is 9.32. The monoisotopic (exact) mass is 377 g/mol. The van der Waals surface area contributed by atoms with Crippen LogP contribution in [0.1, 0.15) is 41.6 Å². The van der Waals surface area contributed by atoms with E-state index < -0.39 is 0 Å². The lowest BCUT2D eigenvalue weighted by molar-refractivity contribution is 0.0938. The van der Waals surface area contributed by atoms with E-state index in [1.165, 1.54) is 12.8 Å². The molecular formula is C19H21Cl2N3O. The van der Waals surface area contributed by atoms with Gasteiger partial charge in [-0.2, -0.15) is 0 Å². The Balaban J connectivity index is 1.55. The van der Waals surface area contributed by atoms with E-state index in [0.29, 0.717) is 34.0 Å². The van der Waals surface area contributed by atoms with Crippen LogP contribution in [0.25, 0.3) is 0 Å². The summed E-state index contributed by atoms with van der Waals surface area (Å²) in [6.07, 6.45) is 6.94. The van der Waals surface area contributed by atoms with Crippen LogP contribution in [-0.2, 0) is 6.42 Å². The molecule has 0 atom stereocenters. The Morgan fingerprint density at radius 1 is 1.16 bits per heavy atom. The van der Waals surface area contributed by atoms with Crippen molar-refractivity contribution >= 4 is 34.9 Å². The zero-order chi connectivity index (χ0) is 17.6. The van der Waals surface area contributed by atoms with Crippen LogP contribution in [0.5, 0.6) is 0 Å². The Kier molecular flexibility index (Phi) is 6.16. The van der Waals surface area contributed by atoms with Gasteiger partial charge in [-0.25, -0.2) is 4.98 Å². The lowest BCUT2D eigenvalue weighted by atomic mass is 10.1. The van der Waals surface area contributed by atoms with Crippen LogP contribution in [-0.4, -0.2) is 23.5 Å². The fourth-order valence-electron chi connectivity index (χ4n) is 3.06. The molecule has 2 N–H and O–H groups in total. The number of hydrogen-bond acceptors (Lipinski definition) is 3. The molecule has 0 aliphatic heterocycles. The van der Waals surface area contributed by atoms with Gasteiger partial charge < -0.3 is 10.6 Å². The number of amides is 1. The predicted octanol–water partition coefficient (Wildman–Crippen LogP) is 4.72. The van der Waals surface area contributed by atoms with Crippen LogP contribution in [0.3, 0.4) is 0 Å². The molecule has 4 nitrogen and oxygen atoms in total. The average molecular weight is 378 g/mol. The summed E-state index contributed by atoms with van der Waals surface area (Å²) in [4.78, 5) is 16.6. The third-order valence-corrected chi connectivity index (χ3v) is 5.02. The van der Waals surface area contributed by atoms with Crippen LogP contribution in [0, 0.1) is 0 Å². The van der Waals surface area contributed by atoms with Gasteiger partial charge in [0.05, 0.1) is 0 Å². The van der Waals surface area contributed by atoms with Crippen molar-refractivity contribution in [2.45, 2.75) is 38.1 Å². The molecule has 1 aromatic heterocycles. The molecule has 0 bridgehead atoms. The lowest BCUT2D eigenvalue weighted by Gasteiger charge is -2.12. The van der Waals surface area contributed by atoms with Crippen LogP contribution in [0.15, 0.2) is 36.5 Å². The summed E-state index contributed by atoms with van der Waals surface area (Å²) in [7, 11) is 0. The van der Waals surface area contributed by atoms with Gasteiger partial charge in [0.2, 0.25) is 0 Å². The SMILES string of the molecule is O=C(NC1CCCC1)c1ccnc(NCCc2ccc(Cl)cc2Cl)c1. The highest BCUT2D eigenvalue weighted by molar-refractivity contribution is 6.35. The third-order valence-electron chi connectivity index (χ3n) is 4.43. The first-order chi connectivity index (χ1) is 12.1. The number of benzene rings is 1. The largest absolute Gasteiger partial charge is 0.370 e. The Morgan fingerprint density at radius 2 is 1.96 bits per heavy atom. The first kappa shape index (κ1) is 18.0. The quantitative estimate of drug-likeness (QED) is 0.765. The molecule has 6 heteroatoms. The van der Waals surface area contributed by atoms with E-state index in [2.05, 4.69) is 15.6 Å². The van der Waals surface area contributed by atoms with Gasteiger partial charge in [-0.15, -0.1) is 0 Å². The van der Waals surface area contributed by atoms with Crippen LogP contribution < -0.4 is 10.6 Å². The molecular weight excluding hydrogens is 357 g/mol. The molecule has 1 aliphatic carbocycles. The molecule has 1 amide bonds. The molecule has 2 aromatic rings. The maximum atomic E-state index is 12.3. The first-order valence-electron chi connectivity index (χ1n) is 8.56. The number of carbonyl (C=O) groups is 1. The molecule has 132 valence electrons. The second kappa shape index (κ2) is 8.54. The lowest BCUT2D eigenvalue weighted by Crippen LogP contribution is -2.32. The van der Waals surface area contributed by atoms with E-state index in [1.54, 1.807) is 24.4 Å². The van der Waals surface area contributed by atoms with Gasteiger partial charge in [-0.3, -0.25) is 4.79 Å². The molecule has 25 heavy (non-hydrogen) atoms. The summed E-state index contributed by atoms with van der Waals surface area (Å²) in [6.45, 7) is 0.669. The number of pyridine rings is 1. The Bertz CT molecular complexity index is 745. The highest BCUT2D eigenvalue weighted by atomic mass is 35.5. The Labute approximate surface area is 157 Å². The van der Waals surface area contributed by atoms with E-state index in [9.17, 15) is 4.79 Å². The minimum atomic E-state index is -0.0295. The molecule has 1 saturated carbocycles. The third kappa shape index (κ3) is 5.10. The topological polar surface area (TPSA) is 54.0 Å². The molecule has 0 saturated heterocycles. The second-order valence-electron chi connectivity index (χ2n) is 6.30. The highest BCUT2D eigenvalue weighted by Crippen LogP contribution is 2.21. The van der Waals surface area contributed by atoms with E-state index in [-0.39, 0.29) is 5.91 Å². The van der Waals surface area contributed by atoms with Crippen LogP contribution in [0.4, 0.5) is 5.82 Å². The minimum absolute atomic E-state index is 0.0295. The predicted molar refractivity (Wildman–Crippen MR) is 103 cm³/mol. The van der Waals surface area contributed by atoms with Gasteiger partial charge >= 0.3 is 0 Å². The number of anilines is 1. The normalized spacial score (nSPS) is 14.5. The van der Waals surface area contributed by atoms with Crippen molar-refractivity contribution in [3.8, 4) is 0 Å². The number of nitrogens with one attached hydrogen (secondary N) is 2. The fourth-order valence-corrected chi connectivity index (χ4v) is 3.56. The van der Waals surface area contributed by atoms with Gasteiger partial charge in [0.15, 0.2) is 0 Å². The molecule has 3 rings (SSSR count). The average Bonchev–Trinajstić information content (AvgIpc) is 3.10. The Morgan fingerprint density at radius 3 is 2.72 bits per heavy atom. The smallest absolute Gasteiger partial charge is 0.251 e. The number of halogens is 2. The fraction of sp³-hybridized carbons (Fsp3) is 0.368. The maximum absolute atomic E-state index is 12.3. The summed E-state index contributed by atoms with van der Waals surface area (Å²) in [5, 5.41) is 7.62. The van der Waals surface area contributed by atoms with Gasteiger partial charge in [-0.1, -0.05) is 42.1 Å². The van der Waals surface area contributed by atoms with Crippen molar-refractivity contribution < 1.29 is 4.79 Å². The van der Waals surface area contributed by atoms with E-state index in [4.69, 9.17) is 23.2 Å². The second-order valence-corrected chi connectivity index (χ2v) is 7.14. The van der Waals surface area contributed by atoms with Crippen molar-refractivity contribution in [3.05, 3.63) is 57.7 Å². The molecule has 0 spiro atoms. The van der Waals surface area contributed by atoms with Crippen molar-refractivity contribution in [1.82, 2.24) is 10.3 Å². The number of hydrogen-bond donors (Lipinski definition) is 2. The summed E-state index contributed by atoms with van der Waals surface area (Å²) in [5.74, 6) is 0.655. The van der Waals surface area contributed by atoms with Crippen LogP contribution in [0.2, 0.25) is 10.0 Å². The van der Waals surface area contributed by atoms with E-state index in [0.717, 1.165) is 24.8 Å². The van der Waals surface area contributed by atoms with Gasteiger partial charge in [0.25, 0.3) is 5.91 Å². The maximum Gasteiger partial charge on any atom is 0.251 e. The van der Waals surface area contributed by atoms with Crippen LogP contribution >= 0.6 is 23.2 Å². The van der Waals surface area contributed by atoms with E-state index in [1.807, 2.05) is 12.1 Å². The molecule has 1 heterocycles. The summed E-state index contributed by atoms with van der Waals surface area (Å²) < 4.78 is 0. The standard InChI is InChI=1S/C19H21Cl2N3O/c20-15-6-5-13(17(21)12-15)7-9-22-18-11-14(8-10-23-18)19(25)24-16-3-1-2-4-16/h5-6,8,10-12,16H,1-4,7,9H2,(H,22,23)(H,24,25). The zero-order valence-corrected chi connectivity index (χ0v) is 15.4.